The maximum atomic E-state index is 14.9. The number of anilines is 2. The number of pyridine rings is 1. The molecule has 0 saturated carbocycles. The second kappa shape index (κ2) is 10.3. The minimum atomic E-state index is -0.573. The normalized spacial score (nSPS) is 13.9. The zero-order valence-electron chi connectivity index (χ0n) is 18.7. The van der Waals surface area contributed by atoms with Crippen LogP contribution in [0.1, 0.15) is 31.2 Å². The van der Waals surface area contributed by atoms with Gasteiger partial charge in [0.05, 0.1) is 5.69 Å². The maximum absolute atomic E-state index is 14.9. The van der Waals surface area contributed by atoms with Gasteiger partial charge in [0.15, 0.2) is 0 Å². The van der Waals surface area contributed by atoms with Gasteiger partial charge in [-0.3, -0.25) is 4.79 Å². The number of likely N-dealkylation sites (tertiary alicyclic amines) is 1. The molecule has 0 radical (unpaired) electrons. The molecule has 1 fully saturated rings. The quantitative estimate of drug-likeness (QED) is 0.499. The largest absolute Gasteiger partial charge is 0.507 e. The van der Waals surface area contributed by atoms with Crippen LogP contribution < -0.4 is 11.1 Å². The Balaban J connectivity index is 1.62. The molecule has 174 valence electrons. The van der Waals surface area contributed by atoms with E-state index in [4.69, 9.17) is 5.73 Å². The van der Waals surface area contributed by atoms with E-state index in [1.807, 2.05) is 6.07 Å². The van der Waals surface area contributed by atoms with Gasteiger partial charge in [-0.2, -0.15) is 5.26 Å². The number of piperidine rings is 1. The monoisotopic (exact) mass is 459 g/mol. The van der Waals surface area contributed by atoms with Crippen molar-refractivity contribution in [3.63, 3.8) is 0 Å². The first-order valence-corrected chi connectivity index (χ1v) is 11.3. The standard InChI is InChI=1S/C26H26FN5O2/c27-22-9-8-17(30-25(34)10-13-32-11-4-1-5-12-32)14-20(22)19-15-23(31-26(29)21(19)16-28)18-6-2-3-7-24(18)33/h2-3,6-9,14-15,33H,1,4-5,10-13H2,(H2,29,31)(H,30,34). The molecule has 2 heterocycles. The van der Waals surface area contributed by atoms with Crippen molar-refractivity contribution in [2.75, 3.05) is 30.7 Å². The van der Waals surface area contributed by atoms with Gasteiger partial charge in [0.25, 0.3) is 0 Å². The molecule has 0 bridgehead atoms. The van der Waals surface area contributed by atoms with Crippen LogP contribution in [-0.4, -0.2) is 40.5 Å². The molecular weight excluding hydrogens is 433 g/mol. The van der Waals surface area contributed by atoms with E-state index in [1.165, 1.54) is 36.8 Å². The number of para-hydroxylation sites is 1. The van der Waals surface area contributed by atoms with E-state index in [2.05, 4.69) is 15.2 Å². The maximum Gasteiger partial charge on any atom is 0.225 e. The molecule has 0 aliphatic carbocycles. The van der Waals surface area contributed by atoms with Crippen LogP contribution in [0.25, 0.3) is 22.4 Å². The Morgan fingerprint density at radius 3 is 2.62 bits per heavy atom. The number of amides is 1. The van der Waals surface area contributed by atoms with Gasteiger partial charge in [-0.1, -0.05) is 18.6 Å². The van der Waals surface area contributed by atoms with E-state index < -0.39 is 5.82 Å². The Morgan fingerprint density at radius 2 is 1.88 bits per heavy atom. The smallest absolute Gasteiger partial charge is 0.225 e. The fourth-order valence-corrected chi connectivity index (χ4v) is 4.20. The third kappa shape index (κ3) is 5.16. The van der Waals surface area contributed by atoms with Gasteiger partial charge < -0.3 is 21.1 Å². The van der Waals surface area contributed by atoms with Crippen LogP contribution in [0.2, 0.25) is 0 Å². The highest BCUT2D eigenvalue weighted by atomic mass is 19.1. The number of aromatic nitrogens is 1. The number of nitrogens with zero attached hydrogens (tertiary/aromatic N) is 3. The number of hydrogen-bond donors (Lipinski definition) is 3. The summed E-state index contributed by atoms with van der Waals surface area (Å²) in [6.45, 7) is 2.70. The van der Waals surface area contributed by atoms with Gasteiger partial charge >= 0.3 is 0 Å². The number of hydrogen-bond acceptors (Lipinski definition) is 6. The first kappa shape index (κ1) is 23.2. The zero-order valence-corrected chi connectivity index (χ0v) is 18.7. The molecule has 1 amide bonds. The van der Waals surface area contributed by atoms with E-state index in [1.54, 1.807) is 18.2 Å². The molecule has 3 aromatic rings. The predicted octanol–water partition coefficient (Wildman–Crippen LogP) is 4.53. The molecule has 4 rings (SSSR count). The highest BCUT2D eigenvalue weighted by Gasteiger charge is 2.19. The summed E-state index contributed by atoms with van der Waals surface area (Å²) in [6.07, 6.45) is 3.89. The Kier molecular flexibility index (Phi) is 7.04. The summed E-state index contributed by atoms with van der Waals surface area (Å²) >= 11 is 0. The number of rotatable bonds is 6. The minimum Gasteiger partial charge on any atom is -0.507 e. The van der Waals surface area contributed by atoms with E-state index in [-0.39, 0.29) is 34.2 Å². The third-order valence-electron chi connectivity index (χ3n) is 5.98. The summed E-state index contributed by atoms with van der Waals surface area (Å²) in [7, 11) is 0. The number of halogens is 1. The lowest BCUT2D eigenvalue weighted by Gasteiger charge is -2.25. The lowest BCUT2D eigenvalue weighted by molar-refractivity contribution is -0.116. The second-order valence-electron chi connectivity index (χ2n) is 8.34. The number of carbonyl (C=O) groups excluding carboxylic acids is 1. The van der Waals surface area contributed by atoms with Crippen molar-refractivity contribution < 1.29 is 14.3 Å². The van der Waals surface area contributed by atoms with Crippen molar-refractivity contribution in [2.24, 2.45) is 0 Å². The molecule has 0 atom stereocenters. The molecule has 0 unspecified atom stereocenters. The van der Waals surface area contributed by atoms with Gasteiger partial charge in [-0.05, 0) is 62.3 Å². The van der Waals surface area contributed by atoms with E-state index >= 15 is 0 Å². The zero-order chi connectivity index (χ0) is 24.1. The number of phenols is 1. The summed E-state index contributed by atoms with van der Waals surface area (Å²) < 4.78 is 14.9. The Hall–Kier alpha value is -3.96. The number of carbonyl (C=O) groups is 1. The van der Waals surface area contributed by atoms with Crippen molar-refractivity contribution in [2.45, 2.75) is 25.7 Å². The number of nitrogen functional groups attached to an aromatic ring is 1. The Labute approximate surface area is 197 Å². The Morgan fingerprint density at radius 1 is 1.12 bits per heavy atom. The van der Waals surface area contributed by atoms with Gasteiger partial charge in [0.1, 0.15) is 29.0 Å². The summed E-state index contributed by atoms with van der Waals surface area (Å²) in [4.78, 5) is 19.0. The molecule has 4 N–H and O–H groups in total. The van der Waals surface area contributed by atoms with Gasteiger partial charge in [0.2, 0.25) is 5.91 Å². The molecule has 1 aliphatic rings. The van der Waals surface area contributed by atoms with Crippen LogP contribution in [0.3, 0.4) is 0 Å². The fraction of sp³-hybridized carbons (Fsp3) is 0.269. The molecule has 7 nitrogen and oxygen atoms in total. The SMILES string of the molecule is N#Cc1c(-c2cc(NC(=O)CCN3CCCCC3)ccc2F)cc(-c2ccccc2O)nc1N. The van der Waals surface area contributed by atoms with Gasteiger partial charge in [-0.25, -0.2) is 9.37 Å². The van der Waals surface area contributed by atoms with E-state index in [0.29, 0.717) is 29.9 Å². The lowest BCUT2D eigenvalue weighted by atomic mass is 9.97. The molecule has 34 heavy (non-hydrogen) atoms. The lowest BCUT2D eigenvalue weighted by Crippen LogP contribution is -2.32. The van der Waals surface area contributed by atoms with Crippen LogP contribution in [-0.2, 0) is 4.79 Å². The van der Waals surface area contributed by atoms with Crippen LogP contribution in [0.5, 0.6) is 5.75 Å². The van der Waals surface area contributed by atoms with E-state index in [0.717, 1.165) is 25.9 Å². The molecule has 1 aromatic heterocycles. The summed E-state index contributed by atoms with van der Waals surface area (Å²) in [5, 5.41) is 22.7. The van der Waals surface area contributed by atoms with Crippen LogP contribution in [0.4, 0.5) is 15.9 Å². The number of benzene rings is 2. The highest BCUT2D eigenvalue weighted by molar-refractivity contribution is 5.92. The first-order valence-electron chi connectivity index (χ1n) is 11.3. The van der Waals surface area contributed by atoms with Crippen molar-refractivity contribution in [3.05, 3.63) is 59.9 Å². The summed E-state index contributed by atoms with van der Waals surface area (Å²) in [6, 6.07) is 14.3. The summed E-state index contributed by atoms with van der Waals surface area (Å²) in [5.41, 5.74) is 7.51. The predicted molar refractivity (Wildman–Crippen MR) is 129 cm³/mol. The highest BCUT2D eigenvalue weighted by Crippen LogP contribution is 2.36. The third-order valence-corrected chi connectivity index (χ3v) is 5.98. The number of nitriles is 1. The van der Waals surface area contributed by atoms with Crippen molar-refractivity contribution in [1.82, 2.24) is 9.88 Å². The van der Waals surface area contributed by atoms with Gasteiger partial charge in [-0.15, -0.1) is 0 Å². The van der Waals surface area contributed by atoms with Crippen LogP contribution >= 0.6 is 0 Å². The molecule has 0 spiro atoms. The number of phenolic OH excluding ortho intramolecular Hbond substituents is 1. The summed E-state index contributed by atoms with van der Waals surface area (Å²) in [5.74, 6) is -0.821. The van der Waals surface area contributed by atoms with Gasteiger partial charge in [0, 0.05) is 35.3 Å². The number of nitrogens with two attached hydrogens (primary N) is 1. The second-order valence-corrected chi connectivity index (χ2v) is 8.34. The minimum absolute atomic E-state index is 0.0137. The van der Waals surface area contributed by atoms with Crippen molar-refractivity contribution in [3.8, 4) is 34.2 Å². The number of aromatic hydroxyl groups is 1. The first-order chi connectivity index (χ1) is 16.5. The molecule has 2 aromatic carbocycles. The average molecular weight is 460 g/mol. The Bertz CT molecular complexity index is 1250. The fourth-order valence-electron chi connectivity index (χ4n) is 4.20. The van der Waals surface area contributed by atoms with Crippen LogP contribution in [0, 0.1) is 17.1 Å². The average Bonchev–Trinajstić information content (AvgIpc) is 2.84. The van der Waals surface area contributed by atoms with E-state index in [9.17, 15) is 19.6 Å². The molecule has 8 heteroatoms. The van der Waals surface area contributed by atoms with Crippen molar-refractivity contribution >= 4 is 17.4 Å². The topological polar surface area (TPSA) is 115 Å². The molecule has 1 saturated heterocycles. The van der Waals surface area contributed by atoms with Crippen LogP contribution in [0.15, 0.2) is 48.5 Å². The molecular formula is C26H26FN5O2. The molecule has 1 aliphatic heterocycles. The number of nitrogens with one attached hydrogen (secondary N) is 1. The van der Waals surface area contributed by atoms with Crippen molar-refractivity contribution in [1.29, 1.82) is 5.26 Å².